The third-order valence-corrected chi connectivity index (χ3v) is 4.27. The second-order valence-electron chi connectivity index (χ2n) is 6.02. The fourth-order valence-electron chi connectivity index (χ4n) is 2.80. The van der Waals surface area contributed by atoms with Gasteiger partial charge >= 0.3 is 0 Å². The molecule has 7 nitrogen and oxygen atoms in total. The number of carbonyl (C=O) groups excluding carboxylic acids is 1. The summed E-state index contributed by atoms with van der Waals surface area (Å²) in [6.45, 7) is 6.32. The normalized spacial score (nSPS) is 19.8. The van der Waals surface area contributed by atoms with Crippen molar-refractivity contribution < 1.29 is 19.0 Å². The maximum absolute atomic E-state index is 12.1. The van der Waals surface area contributed by atoms with Gasteiger partial charge in [-0.05, 0) is 6.07 Å². The van der Waals surface area contributed by atoms with Crippen LogP contribution in [0.3, 0.4) is 0 Å². The van der Waals surface area contributed by atoms with Gasteiger partial charge in [-0.25, -0.2) is 4.98 Å². The molecule has 0 aliphatic carbocycles. The number of ether oxygens (including phenoxy) is 3. The number of hydrogen-bond donors (Lipinski definition) is 1. The van der Waals surface area contributed by atoms with Crippen molar-refractivity contribution in [3.8, 4) is 5.88 Å². The van der Waals surface area contributed by atoms with E-state index in [-0.39, 0.29) is 12.0 Å². The molecule has 7 heteroatoms. The number of nitrogens with zero attached hydrogens (tertiary/aromatic N) is 2. The molecule has 1 amide bonds. The van der Waals surface area contributed by atoms with Crippen molar-refractivity contribution in [2.24, 2.45) is 0 Å². The Bertz CT molecular complexity index is 511. The minimum absolute atomic E-state index is 0.103. The SMILES string of the molecule is O=C(NCCN1CCOCC1)c1ccc(OC2CCOCC2)nc1. The summed E-state index contributed by atoms with van der Waals surface area (Å²) < 4.78 is 16.4. The molecule has 2 fully saturated rings. The van der Waals surface area contributed by atoms with Crippen molar-refractivity contribution in [3.05, 3.63) is 23.9 Å². The van der Waals surface area contributed by atoms with Gasteiger partial charge in [0.2, 0.25) is 5.88 Å². The molecule has 0 unspecified atom stereocenters. The van der Waals surface area contributed by atoms with Crippen molar-refractivity contribution in [1.29, 1.82) is 0 Å². The van der Waals surface area contributed by atoms with Crippen LogP contribution in [0.1, 0.15) is 23.2 Å². The van der Waals surface area contributed by atoms with Gasteiger partial charge in [0.15, 0.2) is 0 Å². The summed E-state index contributed by atoms with van der Waals surface area (Å²) in [7, 11) is 0. The standard InChI is InChI=1S/C17H25N3O4/c21-17(18-5-6-20-7-11-23-12-8-20)14-1-2-16(19-13-14)24-15-3-9-22-10-4-15/h1-2,13,15H,3-12H2,(H,18,21). The first kappa shape index (κ1) is 17.1. The monoisotopic (exact) mass is 335 g/mol. The van der Waals surface area contributed by atoms with E-state index in [2.05, 4.69) is 15.2 Å². The summed E-state index contributed by atoms with van der Waals surface area (Å²) in [6, 6.07) is 3.51. The van der Waals surface area contributed by atoms with Gasteiger partial charge in [-0.2, -0.15) is 0 Å². The predicted octanol–water partition coefficient (Wildman–Crippen LogP) is 0.701. The zero-order chi connectivity index (χ0) is 16.6. The topological polar surface area (TPSA) is 72.9 Å². The van der Waals surface area contributed by atoms with Crippen molar-refractivity contribution in [2.75, 3.05) is 52.6 Å². The maximum atomic E-state index is 12.1. The number of morpholine rings is 1. The summed E-state index contributed by atoms with van der Waals surface area (Å²) in [5.41, 5.74) is 0.552. The highest BCUT2D eigenvalue weighted by Gasteiger charge is 2.16. The van der Waals surface area contributed by atoms with Crippen molar-refractivity contribution in [2.45, 2.75) is 18.9 Å². The van der Waals surface area contributed by atoms with E-state index >= 15 is 0 Å². The number of pyridine rings is 1. The molecule has 3 rings (SSSR count). The third kappa shape index (κ3) is 5.15. The van der Waals surface area contributed by atoms with E-state index in [9.17, 15) is 4.79 Å². The number of carbonyl (C=O) groups is 1. The third-order valence-electron chi connectivity index (χ3n) is 4.27. The van der Waals surface area contributed by atoms with E-state index in [1.54, 1.807) is 18.3 Å². The lowest BCUT2D eigenvalue weighted by molar-refractivity contribution is 0.0237. The van der Waals surface area contributed by atoms with Crippen LogP contribution in [-0.4, -0.2) is 74.5 Å². The molecule has 0 saturated carbocycles. The van der Waals surface area contributed by atoms with Gasteiger partial charge in [-0.1, -0.05) is 0 Å². The summed E-state index contributed by atoms with van der Waals surface area (Å²) in [5, 5.41) is 2.93. The van der Waals surface area contributed by atoms with Crippen molar-refractivity contribution in [3.63, 3.8) is 0 Å². The highest BCUT2D eigenvalue weighted by atomic mass is 16.5. The molecular formula is C17H25N3O4. The highest BCUT2D eigenvalue weighted by Crippen LogP contribution is 2.15. The molecule has 1 aromatic rings. The van der Waals surface area contributed by atoms with E-state index in [1.165, 1.54) is 0 Å². The van der Waals surface area contributed by atoms with E-state index in [1.807, 2.05) is 0 Å². The predicted molar refractivity (Wildman–Crippen MR) is 88.3 cm³/mol. The number of aromatic nitrogens is 1. The van der Waals surface area contributed by atoms with Gasteiger partial charge < -0.3 is 19.5 Å². The fraction of sp³-hybridized carbons (Fsp3) is 0.647. The molecule has 0 bridgehead atoms. The Morgan fingerprint density at radius 2 is 1.96 bits per heavy atom. The average molecular weight is 335 g/mol. The average Bonchev–Trinajstić information content (AvgIpc) is 2.64. The van der Waals surface area contributed by atoms with Crippen LogP contribution in [0.25, 0.3) is 0 Å². The van der Waals surface area contributed by atoms with Gasteiger partial charge in [0, 0.05) is 51.3 Å². The van der Waals surface area contributed by atoms with Crippen LogP contribution in [0.15, 0.2) is 18.3 Å². The Balaban J connectivity index is 1.41. The summed E-state index contributed by atoms with van der Waals surface area (Å²) in [6.07, 6.45) is 3.48. The second kappa shape index (κ2) is 8.96. The molecule has 0 spiro atoms. The van der Waals surface area contributed by atoms with Crippen LogP contribution < -0.4 is 10.1 Å². The molecule has 2 saturated heterocycles. The molecule has 0 radical (unpaired) electrons. The lowest BCUT2D eigenvalue weighted by Crippen LogP contribution is -2.41. The molecular weight excluding hydrogens is 310 g/mol. The maximum Gasteiger partial charge on any atom is 0.252 e. The van der Waals surface area contributed by atoms with Crippen LogP contribution >= 0.6 is 0 Å². The van der Waals surface area contributed by atoms with Gasteiger partial charge in [0.25, 0.3) is 5.91 Å². The second-order valence-corrected chi connectivity index (χ2v) is 6.02. The smallest absolute Gasteiger partial charge is 0.252 e. The van der Waals surface area contributed by atoms with Crippen LogP contribution in [0.2, 0.25) is 0 Å². The summed E-state index contributed by atoms with van der Waals surface area (Å²) in [5.74, 6) is 0.458. The number of rotatable bonds is 6. The Morgan fingerprint density at radius 3 is 2.67 bits per heavy atom. The Hall–Kier alpha value is -1.70. The van der Waals surface area contributed by atoms with E-state index < -0.39 is 0 Å². The Labute approximate surface area is 142 Å². The summed E-state index contributed by atoms with van der Waals surface area (Å²) >= 11 is 0. The van der Waals surface area contributed by atoms with Gasteiger partial charge in [0.1, 0.15) is 6.10 Å². The van der Waals surface area contributed by atoms with Gasteiger partial charge in [-0.3, -0.25) is 9.69 Å². The first-order valence-electron chi connectivity index (χ1n) is 8.60. The fourth-order valence-corrected chi connectivity index (χ4v) is 2.80. The molecule has 0 atom stereocenters. The Morgan fingerprint density at radius 1 is 1.21 bits per heavy atom. The largest absolute Gasteiger partial charge is 0.474 e. The van der Waals surface area contributed by atoms with Crippen LogP contribution in [0.4, 0.5) is 0 Å². The first-order chi connectivity index (χ1) is 11.8. The Kier molecular flexibility index (Phi) is 6.40. The van der Waals surface area contributed by atoms with Crippen molar-refractivity contribution >= 4 is 5.91 Å². The lowest BCUT2D eigenvalue weighted by atomic mass is 10.1. The zero-order valence-electron chi connectivity index (χ0n) is 13.9. The van der Waals surface area contributed by atoms with E-state index in [0.717, 1.165) is 58.9 Å². The van der Waals surface area contributed by atoms with E-state index in [0.29, 0.717) is 18.0 Å². The van der Waals surface area contributed by atoms with Gasteiger partial charge in [-0.15, -0.1) is 0 Å². The number of hydrogen-bond acceptors (Lipinski definition) is 6. The molecule has 24 heavy (non-hydrogen) atoms. The summed E-state index contributed by atoms with van der Waals surface area (Å²) in [4.78, 5) is 18.7. The molecule has 1 aromatic heterocycles. The minimum atomic E-state index is -0.103. The highest BCUT2D eigenvalue weighted by molar-refractivity contribution is 5.93. The van der Waals surface area contributed by atoms with E-state index in [4.69, 9.17) is 14.2 Å². The zero-order valence-corrected chi connectivity index (χ0v) is 13.9. The first-order valence-corrected chi connectivity index (χ1v) is 8.60. The van der Waals surface area contributed by atoms with Crippen molar-refractivity contribution in [1.82, 2.24) is 15.2 Å². The quantitative estimate of drug-likeness (QED) is 0.825. The molecule has 2 aliphatic heterocycles. The number of amides is 1. The van der Waals surface area contributed by atoms with Crippen LogP contribution in [-0.2, 0) is 9.47 Å². The molecule has 3 heterocycles. The molecule has 2 aliphatic rings. The lowest BCUT2D eigenvalue weighted by Gasteiger charge is -2.26. The molecule has 1 N–H and O–H groups in total. The van der Waals surface area contributed by atoms with Gasteiger partial charge in [0.05, 0.1) is 32.0 Å². The van der Waals surface area contributed by atoms with Crippen LogP contribution in [0.5, 0.6) is 5.88 Å². The minimum Gasteiger partial charge on any atom is -0.474 e. The molecule has 132 valence electrons. The van der Waals surface area contributed by atoms with Crippen LogP contribution in [0, 0.1) is 0 Å². The number of nitrogens with one attached hydrogen (secondary N) is 1. The molecule has 0 aromatic carbocycles.